The molecule has 1 aromatic rings. The van der Waals surface area contributed by atoms with E-state index in [9.17, 15) is 0 Å². The summed E-state index contributed by atoms with van der Waals surface area (Å²) < 4.78 is 0. The van der Waals surface area contributed by atoms with Crippen LogP contribution in [0.15, 0.2) is 18.3 Å². The van der Waals surface area contributed by atoms with Crippen LogP contribution in [0.25, 0.3) is 0 Å². The Hall–Kier alpha value is -1.56. The third-order valence-electron chi connectivity index (χ3n) is 3.03. The average Bonchev–Trinajstić information content (AvgIpc) is 2.66. The van der Waals surface area contributed by atoms with Crippen molar-refractivity contribution >= 4 is 5.69 Å². The standard InChI is InChI=1S/C12H15N3/c1-12(6-2-3-7-12)15-11-5-4-10(8-13)14-9-11/h4-5,9,15H,2-3,6-7H2,1H3. The molecule has 0 aromatic carbocycles. The maximum Gasteiger partial charge on any atom is 0.140 e. The summed E-state index contributed by atoms with van der Waals surface area (Å²) in [4.78, 5) is 4.05. The highest BCUT2D eigenvalue weighted by Gasteiger charge is 2.28. The molecule has 15 heavy (non-hydrogen) atoms. The Morgan fingerprint density at radius 1 is 1.40 bits per heavy atom. The van der Waals surface area contributed by atoms with E-state index in [0.717, 1.165) is 5.69 Å². The number of anilines is 1. The lowest BCUT2D eigenvalue weighted by Crippen LogP contribution is -2.30. The van der Waals surface area contributed by atoms with Gasteiger partial charge < -0.3 is 5.32 Å². The quantitative estimate of drug-likeness (QED) is 0.800. The van der Waals surface area contributed by atoms with Crippen molar-refractivity contribution in [3.63, 3.8) is 0 Å². The molecule has 0 saturated heterocycles. The van der Waals surface area contributed by atoms with Gasteiger partial charge in [0.2, 0.25) is 0 Å². The summed E-state index contributed by atoms with van der Waals surface area (Å²) in [5, 5.41) is 12.1. The Labute approximate surface area is 90.1 Å². The number of pyridine rings is 1. The molecule has 1 aromatic heterocycles. The summed E-state index contributed by atoms with van der Waals surface area (Å²) in [5.74, 6) is 0. The number of rotatable bonds is 2. The molecule has 2 rings (SSSR count). The molecule has 1 saturated carbocycles. The van der Waals surface area contributed by atoms with Gasteiger partial charge in [-0.25, -0.2) is 4.98 Å². The number of nitrogens with zero attached hydrogens (tertiary/aromatic N) is 2. The fourth-order valence-corrected chi connectivity index (χ4v) is 2.16. The van der Waals surface area contributed by atoms with Crippen LogP contribution in [0.2, 0.25) is 0 Å². The van der Waals surface area contributed by atoms with E-state index in [4.69, 9.17) is 5.26 Å². The smallest absolute Gasteiger partial charge is 0.140 e. The van der Waals surface area contributed by atoms with Crippen LogP contribution in [0.1, 0.15) is 38.3 Å². The zero-order chi connectivity index (χ0) is 10.7. The van der Waals surface area contributed by atoms with Crippen molar-refractivity contribution in [2.24, 2.45) is 0 Å². The summed E-state index contributed by atoms with van der Waals surface area (Å²) in [6.07, 6.45) is 6.77. The van der Waals surface area contributed by atoms with Gasteiger partial charge in [0.25, 0.3) is 0 Å². The molecule has 1 fully saturated rings. The second kappa shape index (κ2) is 3.90. The number of aromatic nitrogens is 1. The molecule has 3 nitrogen and oxygen atoms in total. The minimum atomic E-state index is 0.218. The second-order valence-electron chi connectivity index (χ2n) is 4.44. The predicted octanol–water partition coefficient (Wildman–Crippen LogP) is 2.70. The van der Waals surface area contributed by atoms with Crippen LogP contribution in [0, 0.1) is 11.3 Å². The lowest BCUT2D eigenvalue weighted by molar-refractivity contribution is 0.533. The molecule has 0 radical (unpaired) electrons. The largest absolute Gasteiger partial charge is 0.379 e. The highest BCUT2D eigenvalue weighted by Crippen LogP contribution is 2.32. The van der Waals surface area contributed by atoms with E-state index in [-0.39, 0.29) is 5.54 Å². The molecule has 1 heterocycles. The summed E-state index contributed by atoms with van der Waals surface area (Å²) in [7, 11) is 0. The fraction of sp³-hybridized carbons (Fsp3) is 0.500. The minimum Gasteiger partial charge on any atom is -0.379 e. The molecular weight excluding hydrogens is 186 g/mol. The van der Waals surface area contributed by atoms with Gasteiger partial charge in [-0.05, 0) is 31.9 Å². The van der Waals surface area contributed by atoms with Crippen LogP contribution in [0.4, 0.5) is 5.69 Å². The Morgan fingerprint density at radius 3 is 2.67 bits per heavy atom. The van der Waals surface area contributed by atoms with Crippen molar-refractivity contribution in [3.05, 3.63) is 24.0 Å². The second-order valence-corrected chi connectivity index (χ2v) is 4.44. The molecule has 0 atom stereocenters. The van der Waals surface area contributed by atoms with Gasteiger partial charge in [0.05, 0.1) is 11.9 Å². The number of hydrogen-bond acceptors (Lipinski definition) is 3. The van der Waals surface area contributed by atoms with E-state index >= 15 is 0 Å². The fourth-order valence-electron chi connectivity index (χ4n) is 2.16. The van der Waals surface area contributed by atoms with Crippen LogP contribution in [0.5, 0.6) is 0 Å². The lowest BCUT2D eigenvalue weighted by atomic mass is 10.0. The van der Waals surface area contributed by atoms with Gasteiger partial charge in [0, 0.05) is 5.54 Å². The summed E-state index contributed by atoms with van der Waals surface area (Å²) in [5.41, 5.74) is 1.70. The Bertz CT molecular complexity index is 369. The van der Waals surface area contributed by atoms with E-state index < -0.39 is 0 Å². The first-order chi connectivity index (χ1) is 7.22. The minimum absolute atomic E-state index is 0.218. The van der Waals surface area contributed by atoms with E-state index in [1.165, 1.54) is 25.7 Å². The maximum absolute atomic E-state index is 8.63. The molecular formula is C12H15N3. The van der Waals surface area contributed by atoms with Gasteiger partial charge in [0.15, 0.2) is 0 Å². The molecule has 0 aliphatic heterocycles. The summed E-state index contributed by atoms with van der Waals surface area (Å²) in [6, 6.07) is 5.69. The van der Waals surface area contributed by atoms with Gasteiger partial charge in [-0.2, -0.15) is 5.26 Å². The first kappa shape index (κ1) is 9.97. The van der Waals surface area contributed by atoms with Gasteiger partial charge in [-0.1, -0.05) is 12.8 Å². The zero-order valence-corrected chi connectivity index (χ0v) is 8.95. The lowest BCUT2D eigenvalue weighted by Gasteiger charge is -2.26. The van der Waals surface area contributed by atoms with Gasteiger partial charge >= 0.3 is 0 Å². The van der Waals surface area contributed by atoms with E-state index in [2.05, 4.69) is 17.2 Å². The van der Waals surface area contributed by atoms with E-state index in [1.807, 2.05) is 12.1 Å². The highest BCUT2D eigenvalue weighted by atomic mass is 15.0. The van der Waals surface area contributed by atoms with Gasteiger partial charge in [0.1, 0.15) is 11.8 Å². The SMILES string of the molecule is CC1(Nc2ccc(C#N)nc2)CCCC1. The molecule has 0 unspecified atom stereocenters. The molecule has 78 valence electrons. The molecule has 3 heteroatoms. The monoisotopic (exact) mass is 201 g/mol. The van der Waals surface area contributed by atoms with Crippen LogP contribution in [-0.2, 0) is 0 Å². The molecule has 0 bridgehead atoms. The van der Waals surface area contributed by atoms with Gasteiger partial charge in [-0.15, -0.1) is 0 Å². The number of nitriles is 1. The van der Waals surface area contributed by atoms with Crippen LogP contribution >= 0.6 is 0 Å². The molecule has 1 N–H and O–H groups in total. The predicted molar refractivity (Wildman–Crippen MR) is 59.4 cm³/mol. The van der Waals surface area contributed by atoms with Crippen molar-refractivity contribution < 1.29 is 0 Å². The molecule has 1 aliphatic rings. The highest BCUT2D eigenvalue weighted by molar-refractivity contribution is 5.45. The Balaban J connectivity index is 2.08. The molecule has 1 aliphatic carbocycles. The average molecular weight is 201 g/mol. The van der Waals surface area contributed by atoms with Crippen LogP contribution < -0.4 is 5.32 Å². The molecule has 0 spiro atoms. The van der Waals surface area contributed by atoms with Crippen molar-refractivity contribution in [2.45, 2.75) is 38.1 Å². The van der Waals surface area contributed by atoms with Crippen molar-refractivity contribution in [3.8, 4) is 6.07 Å². The summed E-state index contributed by atoms with van der Waals surface area (Å²) in [6.45, 7) is 2.25. The van der Waals surface area contributed by atoms with E-state index in [1.54, 1.807) is 12.3 Å². The first-order valence-corrected chi connectivity index (χ1v) is 5.36. The molecule has 0 amide bonds. The normalized spacial score (nSPS) is 18.4. The zero-order valence-electron chi connectivity index (χ0n) is 8.95. The topological polar surface area (TPSA) is 48.7 Å². The number of hydrogen-bond donors (Lipinski definition) is 1. The first-order valence-electron chi connectivity index (χ1n) is 5.36. The Kier molecular flexibility index (Phi) is 2.59. The van der Waals surface area contributed by atoms with E-state index in [0.29, 0.717) is 5.69 Å². The third kappa shape index (κ3) is 2.27. The number of nitrogens with one attached hydrogen (secondary N) is 1. The van der Waals surface area contributed by atoms with Crippen LogP contribution in [0.3, 0.4) is 0 Å². The van der Waals surface area contributed by atoms with Crippen molar-refractivity contribution in [2.75, 3.05) is 5.32 Å². The Morgan fingerprint density at radius 2 is 2.13 bits per heavy atom. The summed E-state index contributed by atoms with van der Waals surface area (Å²) >= 11 is 0. The van der Waals surface area contributed by atoms with Gasteiger partial charge in [-0.3, -0.25) is 0 Å². The van der Waals surface area contributed by atoms with Crippen molar-refractivity contribution in [1.82, 2.24) is 4.98 Å². The maximum atomic E-state index is 8.63. The third-order valence-corrected chi connectivity index (χ3v) is 3.03. The van der Waals surface area contributed by atoms with Crippen LogP contribution in [-0.4, -0.2) is 10.5 Å². The van der Waals surface area contributed by atoms with Crippen molar-refractivity contribution in [1.29, 1.82) is 5.26 Å².